The first-order valence-corrected chi connectivity index (χ1v) is 4.14. The zero-order valence-corrected chi connectivity index (χ0v) is 7.68. The van der Waals surface area contributed by atoms with Crippen molar-refractivity contribution in [3.8, 4) is 0 Å². The van der Waals surface area contributed by atoms with Crippen molar-refractivity contribution in [2.45, 2.75) is 6.92 Å². The summed E-state index contributed by atoms with van der Waals surface area (Å²) in [4.78, 5) is 4.07. The first-order valence-electron chi connectivity index (χ1n) is 4.14. The van der Waals surface area contributed by atoms with Gasteiger partial charge >= 0.3 is 0 Å². The van der Waals surface area contributed by atoms with E-state index >= 15 is 0 Å². The van der Waals surface area contributed by atoms with E-state index in [1.54, 1.807) is 6.33 Å². The monoisotopic (exact) mass is 190 g/mol. The van der Waals surface area contributed by atoms with E-state index in [9.17, 15) is 0 Å². The van der Waals surface area contributed by atoms with E-state index in [2.05, 4.69) is 10.1 Å². The quantitative estimate of drug-likeness (QED) is 0.301. The number of hydrogen-bond acceptors (Lipinski definition) is 3. The first-order chi connectivity index (χ1) is 6.74. The SMILES string of the molecule is Cc1cccc2c(/C(N)=N\O)ncn12. The van der Waals surface area contributed by atoms with Crippen LogP contribution < -0.4 is 5.73 Å². The minimum atomic E-state index is 0.0260. The second kappa shape index (κ2) is 3.02. The molecule has 0 aliphatic rings. The highest BCUT2D eigenvalue weighted by atomic mass is 16.4. The standard InChI is InChI=1S/C9H10N4O/c1-6-3-2-4-7-8(9(10)12-14)11-5-13(6)7/h2-5,14H,1H3,(H2,10,12). The molecule has 0 radical (unpaired) electrons. The lowest BCUT2D eigenvalue weighted by molar-refractivity contribution is 0.318. The van der Waals surface area contributed by atoms with E-state index in [0.717, 1.165) is 11.2 Å². The van der Waals surface area contributed by atoms with Crippen LogP contribution in [-0.2, 0) is 0 Å². The average molecular weight is 190 g/mol. The molecule has 0 unspecified atom stereocenters. The van der Waals surface area contributed by atoms with Crippen molar-refractivity contribution in [3.05, 3.63) is 35.9 Å². The summed E-state index contributed by atoms with van der Waals surface area (Å²) in [5.74, 6) is 0.0260. The Morgan fingerprint density at radius 2 is 2.36 bits per heavy atom. The van der Waals surface area contributed by atoms with Gasteiger partial charge in [-0.1, -0.05) is 11.2 Å². The Kier molecular flexibility index (Phi) is 1.85. The van der Waals surface area contributed by atoms with Crippen LogP contribution in [0, 0.1) is 6.92 Å². The number of pyridine rings is 1. The molecule has 14 heavy (non-hydrogen) atoms. The Morgan fingerprint density at radius 1 is 1.57 bits per heavy atom. The predicted molar refractivity (Wildman–Crippen MR) is 52.4 cm³/mol. The summed E-state index contributed by atoms with van der Waals surface area (Å²) < 4.78 is 1.88. The molecule has 5 heteroatoms. The van der Waals surface area contributed by atoms with Crippen molar-refractivity contribution in [2.24, 2.45) is 10.9 Å². The summed E-state index contributed by atoms with van der Waals surface area (Å²) in [6.45, 7) is 1.96. The van der Waals surface area contributed by atoms with Gasteiger partial charge < -0.3 is 15.3 Å². The topological polar surface area (TPSA) is 75.9 Å². The number of nitrogens with zero attached hydrogens (tertiary/aromatic N) is 3. The lowest BCUT2D eigenvalue weighted by Crippen LogP contribution is -2.13. The van der Waals surface area contributed by atoms with Gasteiger partial charge in [0.2, 0.25) is 0 Å². The lowest BCUT2D eigenvalue weighted by Gasteiger charge is -1.99. The highest BCUT2D eigenvalue weighted by Gasteiger charge is 2.08. The molecule has 0 bridgehead atoms. The van der Waals surface area contributed by atoms with E-state index in [1.807, 2.05) is 29.5 Å². The third-order valence-electron chi connectivity index (χ3n) is 2.13. The lowest BCUT2D eigenvalue weighted by atomic mass is 10.3. The van der Waals surface area contributed by atoms with Gasteiger partial charge in [0.05, 0.1) is 5.52 Å². The van der Waals surface area contributed by atoms with Gasteiger partial charge in [0, 0.05) is 5.69 Å². The van der Waals surface area contributed by atoms with Gasteiger partial charge in [0.1, 0.15) is 12.0 Å². The number of aryl methyl sites for hydroxylation is 1. The van der Waals surface area contributed by atoms with E-state index in [0.29, 0.717) is 5.69 Å². The Balaban J connectivity index is 2.76. The zero-order valence-electron chi connectivity index (χ0n) is 7.68. The van der Waals surface area contributed by atoms with E-state index in [4.69, 9.17) is 10.9 Å². The van der Waals surface area contributed by atoms with Crippen LogP contribution in [0.4, 0.5) is 0 Å². The van der Waals surface area contributed by atoms with Crippen molar-refractivity contribution < 1.29 is 5.21 Å². The molecule has 72 valence electrons. The maximum atomic E-state index is 8.55. The maximum absolute atomic E-state index is 8.55. The summed E-state index contributed by atoms with van der Waals surface area (Å²) in [6, 6.07) is 5.73. The van der Waals surface area contributed by atoms with Crippen molar-refractivity contribution >= 4 is 11.4 Å². The summed E-state index contributed by atoms with van der Waals surface area (Å²) in [5.41, 5.74) is 7.86. The van der Waals surface area contributed by atoms with Gasteiger partial charge in [0.15, 0.2) is 5.84 Å². The molecule has 2 aromatic heterocycles. The normalized spacial score (nSPS) is 12.2. The van der Waals surface area contributed by atoms with Gasteiger partial charge in [0.25, 0.3) is 0 Å². The Hall–Kier alpha value is -2.04. The molecule has 0 fully saturated rings. The molecule has 2 aromatic rings. The molecular weight excluding hydrogens is 180 g/mol. The fourth-order valence-corrected chi connectivity index (χ4v) is 1.40. The number of fused-ring (bicyclic) bond motifs is 1. The van der Waals surface area contributed by atoms with Crippen LogP contribution in [0.5, 0.6) is 0 Å². The molecule has 0 aliphatic heterocycles. The second-order valence-electron chi connectivity index (χ2n) is 3.00. The molecule has 0 saturated carbocycles. The van der Waals surface area contributed by atoms with Gasteiger partial charge in [-0.15, -0.1) is 0 Å². The van der Waals surface area contributed by atoms with Crippen LogP contribution in [-0.4, -0.2) is 20.4 Å². The van der Waals surface area contributed by atoms with E-state index < -0.39 is 0 Å². The van der Waals surface area contributed by atoms with Gasteiger partial charge in [-0.3, -0.25) is 0 Å². The Morgan fingerprint density at radius 3 is 3.07 bits per heavy atom. The number of oxime groups is 1. The van der Waals surface area contributed by atoms with Crippen LogP contribution in [0.2, 0.25) is 0 Å². The Labute approximate surface area is 80.5 Å². The fourth-order valence-electron chi connectivity index (χ4n) is 1.40. The minimum Gasteiger partial charge on any atom is -0.409 e. The van der Waals surface area contributed by atoms with Gasteiger partial charge in [-0.05, 0) is 19.1 Å². The molecule has 2 heterocycles. The van der Waals surface area contributed by atoms with E-state index in [1.165, 1.54) is 0 Å². The van der Waals surface area contributed by atoms with Crippen LogP contribution in [0.25, 0.3) is 5.52 Å². The predicted octanol–water partition coefficient (Wildman–Crippen LogP) is 0.737. The number of hydrogen-bond donors (Lipinski definition) is 2. The molecule has 0 amide bonds. The highest BCUT2D eigenvalue weighted by molar-refractivity contribution is 6.01. The van der Waals surface area contributed by atoms with Crippen molar-refractivity contribution in [2.75, 3.05) is 0 Å². The molecule has 0 atom stereocenters. The molecule has 0 aromatic carbocycles. The van der Waals surface area contributed by atoms with Crippen LogP contribution >= 0.6 is 0 Å². The second-order valence-corrected chi connectivity index (χ2v) is 3.00. The van der Waals surface area contributed by atoms with Crippen LogP contribution in [0.3, 0.4) is 0 Å². The minimum absolute atomic E-state index is 0.0260. The third kappa shape index (κ3) is 1.10. The summed E-state index contributed by atoms with van der Waals surface area (Å²) in [5, 5.41) is 11.5. The van der Waals surface area contributed by atoms with Gasteiger partial charge in [-0.25, -0.2) is 4.98 Å². The number of rotatable bonds is 1. The number of aromatic nitrogens is 2. The number of imidazole rings is 1. The van der Waals surface area contributed by atoms with Crippen LogP contribution in [0.1, 0.15) is 11.4 Å². The van der Waals surface area contributed by atoms with Crippen molar-refractivity contribution in [1.29, 1.82) is 0 Å². The summed E-state index contributed by atoms with van der Waals surface area (Å²) in [7, 11) is 0. The zero-order chi connectivity index (χ0) is 10.1. The first kappa shape index (κ1) is 8.55. The highest BCUT2D eigenvalue weighted by Crippen LogP contribution is 2.11. The third-order valence-corrected chi connectivity index (χ3v) is 2.13. The fraction of sp³-hybridized carbons (Fsp3) is 0.111. The molecule has 3 N–H and O–H groups in total. The smallest absolute Gasteiger partial charge is 0.190 e. The molecule has 0 spiro atoms. The molecule has 0 aliphatic carbocycles. The van der Waals surface area contributed by atoms with Crippen LogP contribution in [0.15, 0.2) is 29.7 Å². The number of nitrogens with two attached hydrogens (primary N) is 1. The maximum Gasteiger partial charge on any atom is 0.190 e. The molecule has 0 saturated heterocycles. The Bertz CT molecular complexity index is 500. The average Bonchev–Trinajstić information content (AvgIpc) is 2.62. The summed E-state index contributed by atoms with van der Waals surface area (Å²) in [6.07, 6.45) is 1.65. The number of amidine groups is 1. The molecule has 5 nitrogen and oxygen atoms in total. The molecule has 2 rings (SSSR count). The van der Waals surface area contributed by atoms with Crippen molar-refractivity contribution in [3.63, 3.8) is 0 Å². The van der Waals surface area contributed by atoms with Crippen molar-refractivity contribution in [1.82, 2.24) is 9.38 Å². The van der Waals surface area contributed by atoms with Gasteiger partial charge in [-0.2, -0.15) is 0 Å². The van der Waals surface area contributed by atoms with E-state index in [-0.39, 0.29) is 5.84 Å². The largest absolute Gasteiger partial charge is 0.409 e. The molecular formula is C9H10N4O. The summed E-state index contributed by atoms with van der Waals surface area (Å²) >= 11 is 0.